The zero-order valence-corrected chi connectivity index (χ0v) is 13.4. The number of para-hydroxylation sites is 1. The number of nitrogens with one attached hydrogen (secondary N) is 1. The molecule has 0 radical (unpaired) electrons. The second-order valence-electron chi connectivity index (χ2n) is 6.03. The van der Waals surface area contributed by atoms with Crippen molar-refractivity contribution in [2.24, 2.45) is 5.92 Å². The molecule has 2 aromatic carbocycles. The number of rotatable bonds is 3. The normalized spacial score (nSPS) is 17.4. The summed E-state index contributed by atoms with van der Waals surface area (Å²) in [6, 6.07) is 15.3. The summed E-state index contributed by atoms with van der Waals surface area (Å²) >= 11 is 0. The van der Waals surface area contributed by atoms with Crippen LogP contribution in [-0.4, -0.2) is 18.4 Å². The van der Waals surface area contributed by atoms with E-state index in [2.05, 4.69) is 5.32 Å². The Morgan fingerprint density at radius 3 is 2.52 bits per heavy atom. The van der Waals surface area contributed by atoms with Gasteiger partial charge >= 0.3 is 0 Å². The zero-order chi connectivity index (χ0) is 16.4. The first kappa shape index (κ1) is 15.3. The molecular weight excluding hydrogens is 288 g/mol. The molecule has 118 valence electrons. The molecule has 0 saturated carbocycles. The highest BCUT2D eigenvalue weighted by Gasteiger charge is 2.35. The predicted octanol–water partition coefficient (Wildman–Crippen LogP) is 3.30. The van der Waals surface area contributed by atoms with Crippen LogP contribution in [0.5, 0.6) is 0 Å². The van der Waals surface area contributed by atoms with Crippen LogP contribution in [0.2, 0.25) is 0 Å². The minimum absolute atomic E-state index is 0.00330. The van der Waals surface area contributed by atoms with E-state index in [9.17, 15) is 9.59 Å². The molecule has 1 saturated heterocycles. The Kier molecular flexibility index (Phi) is 4.15. The van der Waals surface area contributed by atoms with Crippen molar-refractivity contribution in [3.8, 4) is 0 Å². The van der Waals surface area contributed by atoms with E-state index < -0.39 is 0 Å². The van der Waals surface area contributed by atoms with Crippen LogP contribution in [0.15, 0.2) is 48.5 Å². The molecule has 0 aliphatic carbocycles. The Hall–Kier alpha value is -2.62. The molecule has 0 spiro atoms. The van der Waals surface area contributed by atoms with E-state index in [0.717, 1.165) is 16.9 Å². The number of hydrogen-bond acceptors (Lipinski definition) is 2. The first-order valence-electron chi connectivity index (χ1n) is 7.78. The van der Waals surface area contributed by atoms with Gasteiger partial charge in [-0.2, -0.15) is 0 Å². The first-order chi connectivity index (χ1) is 11.0. The maximum atomic E-state index is 12.4. The topological polar surface area (TPSA) is 49.4 Å². The fraction of sp³-hybridized carbons (Fsp3) is 0.263. The molecule has 2 aromatic rings. The Balaban J connectivity index is 1.69. The van der Waals surface area contributed by atoms with Crippen molar-refractivity contribution in [1.29, 1.82) is 0 Å². The quantitative estimate of drug-likeness (QED) is 0.946. The van der Waals surface area contributed by atoms with E-state index in [1.807, 2.05) is 62.4 Å². The van der Waals surface area contributed by atoms with Crippen molar-refractivity contribution < 1.29 is 9.59 Å². The Morgan fingerprint density at radius 2 is 1.83 bits per heavy atom. The highest BCUT2D eigenvalue weighted by atomic mass is 16.2. The van der Waals surface area contributed by atoms with Crippen LogP contribution in [0.1, 0.15) is 17.5 Å². The molecule has 4 heteroatoms. The van der Waals surface area contributed by atoms with Gasteiger partial charge in [-0.25, -0.2) is 0 Å². The average Bonchev–Trinajstić information content (AvgIpc) is 2.94. The van der Waals surface area contributed by atoms with Gasteiger partial charge in [0.1, 0.15) is 0 Å². The van der Waals surface area contributed by atoms with Crippen molar-refractivity contribution in [2.45, 2.75) is 20.3 Å². The molecule has 1 atom stereocenters. The van der Waals surface area contributed by atoms with Gasteiger partial charge in [0.25, 0.3) is 0 Å². The number of nitrogens with zero attached hydrogens (tertiary/aromatic N) is 1. The third-order valence-corrected chi connectivity index (χ3v) is 4.34. The SMILES string of the molecule is Cc1ccc(NC(=O)[C@H]2CC(=O)N(c3ccccc3)C2)cc1C. The van der Waals surface area contributed by atoms with Gasteiger partial charge in [-0.15, -0.1) is 0 Å². The average molecular weight is 308 g/mol. The van der Waals surface area contributed by atoms with Gasteiger partial charge in [0, 0.05) is 24.3 Å². The van der Waals surface area contributed by atoms with Crippen LogP contribution in [0.25, 0.3) is 0 Å². The van der Waals surface area contributed by atoms with E-state index >= 15 is 0 Å². The minimum atomic E-state index is -0.315. The molecule has 23 heavy (non-hydrogen) atoms. The van der Waals surface area contributed by atoms with Crippen LogP contribution in [0, 0.1) is 19.8 Å². The second-order valence-corrected chi connectivity index (χ2v) is 6.03. The van der Waals surface area contributed by atoms with Crippen molar-refractivity contribution in [1.82, 2.24) is 0 Å². The molecule has 1 heterocycles. The lowest BCUT2D eigenvalue weighted by atomic mass is 10.1. The van der Waals surface area contributed by atoms with Crippen LogP contribution >= 0.6 is 0 Å². The number of benzene rings is 2. The molecule has 2 amide bonds. The van der Waals surface area contributed by atoms with E-state index in [1.165, 1.54) is 5.56 Å². The molecule has 1 N–H and O–H groups in total. The van der Waals surface area contributed by atoms with Gasteiger partial charge in [-0.3, -0.25) is 9.59 Å². The van der Waals surface area contributed by atoms with Gasteiger partial charge in [-0.1, -0.05) is 24.3 Å². The summed E-state index contributed by atoms with van der Waals surface area (Å²) in [5.74, 6) is -0.416. The second kappa shape index (κ2) is 6.24. The fourth-order valence-corrected chi connectivity index (χ4v) is 2.80. The number of aryl methyl sites for hydroxylation is 2. The van der Waals surface area contributed by atoms with Crippen molar-refractivity contribution in [2.75, 3.05) is 16.8 Å². The molecule has 0 bridgehead atoms. The van der Waals surface area contributed by atoms with Crippen LogP contribution in [0.4, 0.5) is 11.4 Å². The predicted molar refractivity (Wildman–Crippen MR) is 91.4 cm³/mol. The molecule has 0 unspecified atom stereocenters. The van der Waals surface area contributed by atoms with Gasteiger partial charge < -0.3 is 10.2 Å². The smallest absolute Gasteiger partial charge is 0.229 e. The Morgan fingerprint density at radius 1 is 1.09 bits per heavy atom. The highest BCUT2D eigenvalue weighted by molar-refractivity contribution is 6.03. The van der Waals surface area contributed by atoms with Gasteiger partial charge in [0.05, 0.1) is 5.92 Å². The third kappa shape index (κ3) is 3.26. The number of anilines is 2. The molecule has 4 nitrogen and oxygen atoms in total. The third-order valence-electron chi connectivity index (χ3n) is 4.34. The summed E-state index contributed by atoms with van der Waals surface area (Å²) in [4.78, 5) is 26.3. The van der Waals surface area contributed by atoms with Crippen LogP contribution in [0.3, 0.4) is 0 Å². The van der Waals surface area contributed by atoms with Crippen molar-refractivity contribution in [3.05, 3.63) is 59.7 Å². The van der Waals surface area contributed by atoms with E-state index in [0.29, 0.717) is 6.54 Å². The molecule has 3 rings (SSSR count). The summed E-state index contributed by atoms with van der Waals surface area (Å²) in [7, 11) is 0. The van der Waals surface area contributed by atoms with Gasteiger partial charge in [0.2, 0.25) is 11.8 Å². The van der Waals surface area contributed by atoms with Gasteiger partial charge in [-0.05, 0) is 49.2 Å². The summed E-state index contributed by atoms with van der Waals surface area (Å²) < 4.78 is 0. The first-order valence-corrected chi connectivity index (χ1v) is 7.78. The zero-order valence-electron chi connectivity index (χ0n) is 13.4. The van der Waals surface area contributed by atoms with Crippen molar-refractivity contribution >= 4 is 23.2 Å². The minimum Gasteiger partial charge on any atom is -0.326 e. The summed E-state index contributed by atoms with van der Waals surface area (Å²) in [6.07, 6.45) is 0.256. The molecule has 0 aromatic heterocycles. The number of amides is 2. The molecule has 1 aliphatic heterocycles. The maximum absolute atomic E-state index is 12.4. The number of carbonyl (C=O) groups is 2. The molecule has 1 aliphatic rings. The monoisotopic (exact) mass is 308 g/mol. The standard InChI is InChI=1S/C19H20N2O2/c1-13-8-9-16(10-14(13)2)20-19(23)15-11-18(22)21(12-15)17-6-4-3-5-7-17/h3-10,15H,11-12H2,1-2H3,(H,20,23)/t15-/m0/s1. The van der Waals surface area contributed by atoms with Gasteiger partial charge in [0.15, 0.2) is 0 Å². The lowest BCUT2D eigenvalue weighted by Gasteiger charge is -2.16. The van der Waals surface area contributed by atoms with E-state index in [-0.39, 0.29) is 24.2 Å². The number of carbonyl (C=O) groups excluding carboxylic acids is 2. The fourth-order valence-electron chi connectivity index (χ4n) is 2.80. The van der Waals surface area contributed by atoms with E-state index in [4.69, 9.17) is 0 Å². The Bertz CT molecular complexity index is 740. The van der Waals surface area contributed by atoms with Crippen molar-refractivity contribution in [3.63, 3.8) is 0 Å². The largest absolute Gasteiger partial charge is 0.326 e. The molecular formula is C19H20N2O2. The summed E-state index contributed by atoms with van der Waals surface area (Å²) in [5, 5.41) is 2.93. The van der Waals surface area contributed by atoms with Crippen LogP contribution < -0.4 is 10.2 Å². The summed E-state index contributed by atoms with van der Waals surface area (Å²) in [6.45, 7) is 4.48. The maximum Gasteiger partial charge on any atom is 0.229 e. The van der Waals surface area contributed by atoms with Crippen LogP contribution in [-0.2, 0) is 9.59 Å². The Labute approximate surface area is 136 Å². The number of hydrogen-bond donors (Lipinski definition) is 1. The molecule has 1 fully saturated rings. The lowest BCUT2D eigenvalue weighted by molar-refractivity contribution is -0.122. The summed E-state index contributed by atoms with van der Waals surface area (Å²) in [5.41, 5.74) is 3.95. The van der Waals surface area contributed by atoms with E-state index in [1.54, 1.807) is 4.90 Å². The lowest BCUT2D eigenvalue weighted by Crippen LogP contribution is -2.28. The highest BCUT2D eigenvalue weighted by Crippen LogP contribution is 2.26.